The molecule has 1 aliphatic carbocycles. The van der Waals surface area contributed by atoms with Crippen molar-refractivity contribution in [2.75, 3.05) is 13.6 Å². The van der Waals surface area contributed by atoms with Crippen molar-refractivity contribution in [3.05, 3.63) is 35.9 Å². The summed E-state index contributed by atoms with van der Waals surface area (Å²) in [6.45, 7) is 3.09. The van der Waals surface area contributed by atoms with E-state index in [-0.39, 0.29) is 0 Å². The molecule has 0 saturated heterocycles. The van der Waals surface area contributed by atoms with Crippen LogP contribution in [0.3, 0.4) is 0 Å². The summed E-state index contributed by atoms with van der Waals surface area (Å²) in [5, 5.41) is 0. The van der Waals surface area contributed by atoms with Crippen molar-refractivity contribution in [3.8, 4) is 0 Å². The van der Waals surface area contributed by atoms with Crippen LogP contribution in [0.1, 0.15) is 56.9 Å². The van der Waals surface area contributed by atoms with Crippen molar-refractivity contribution >= 4 is 0 Å². The summed E-state index contributed by atoms with van der Waals surface area (Å²) >= 11 is 0. The van der Waals surface area contributed by atoms with Crippen LogP contribution in [0.25, 0.3) is 0 Å². The van der Waals surface area contributed by atoms with Gasteiger partial charge in [0.25, 0.3) is 0 Å². The van der Waals surface area contributed by atoms with E-state index >= 15 is 0 Å². The summed E-state index contributed by atoms with van der Waals surface area (Å²) < 4.78 is 0. The second-order valence-corrected chi connectivity index (χ2v) is 6.39. The molecular weight excluding hydrogens is 244 g/mol. The van der Waals surface area contributed by atoms with Crippen LogP contribution in [0.4, 0.5) is 0 Å². The number of nitrogens with zero attached hydrogens (tertiary/aromatic N) is 1. The Bertz CT molecular complexity index is 370. The minimum absolute atomic E-state index is 0.508. The first-order valence-electron chi connectivity index (χ1n) is 8.19. The van der Waals surface area contributed by atoms with Gasteiger partial charge in [-0.25, -0.2) is 0 Å². The van der Waals surface area contributed by atoms with Gasteiger partial charge in [0.05, 0.1) is 0 Å². The Kier molecular flexibility index (Phi) is 6.06. The quantitative estimate of drug-likeness (QED) is 0.855. The lowest BCUT2D eigenvalue weighted by molar-refractivity contribution is 0.130. The molecule has 2 unspecified atom stereocenters. The number of hydrogen-bond donors (Lipinski definition) is 1. The van der Waals surface area contributed by atoms with Crippen molar-refractivity contribution in [1.29, 1.82) is 0 Å². The lowest BCUT2D eigenvalue weighted by Crippen LogP contribution is -2.45. The standard InChI is InChI=1S/C18H30N2/c1-15(16-9-5-3-6-10-16)13-18(14-19)20(2)17-11-7-4-8-12-17/h3,5-6,9-10,15,17-18H,4,7-8,11-14,19H2,1-2H3. The Hall–Kier alpha value is -0.860. The fourth-order valence-electron chi connectivity index (χ4n) is 3.54. The molecule has 0 heterocycles. The van der Waals surface area contributed by atoms with Crippen LogP contribution in [-0.4, -0.2) is 30.6 Å². The van der Waals surface area contributed by atoms with E-state index in [1.54, 1.807) is 0 Å². The largest absolute Gasteiger partial charge is 0.329 e. The Balaban J connectivity index is 1.93. The van der Waals surface area contributed by atoms with Gasteiger partial charge in [0.2, 0.25) is 0 Å². The molecule has 0 aliphatic heterocycles. The zero-order valence-corrected chi connectivity index (χ0v) is 13.1. The summed E-state index contributed by atoms with van der Waals surface area (Å²) in [4.78, 5) is 2.57. The maximum absolute atomic E-state index is 6.07. The summed E-state index contributed by atoms with van der Waals surface area (Å²) in [5.74, 6) is 0.579. The van der Waals surface area contributed by atoms with Gasteiger partial charge in [0.15, 0.2) is 0 Å². The van der Waals surface area contributed by atoms with Gasteiger partial charge in [0.1, 0.15) is 0 Å². The van der Waals surface area contributed by atoms with E-state index in [2.05, 4.69) is 49.2 Å². The van der Waals surface area contributed by atoms with Gasteiger partial charge in [-0.1, -0.05) is 56.5 Å². The van der Waals surface area contributed by atoms with E-state index < -0.39 is 0 Å². The van der Waals surface area contributed by atoms with Crippen molar-refractivity contribution in [1.82, 2.24) is 4.90 Å². The van der Waals surface area contributed by atoms with Crippen LogP contribution in [0.5, 0.6) is 0 Å². The van der Waals surface area contributed by atoms with Gasteiger partial charge in [0, 0.05) is 18.6 Å². The average Bonchev–Trinajstić information content (AvgIpc) is 2.53. The summed E-state index contributed by atoms with van der Waals surface area (Å²) in [5.41, 5.74) is 7.50. The van der Waals surface area contributed by atoms with Crippen molar-refractivity contribution < 1.29 is 0 Å². The fourth-order valence-corrected chi connectivity index (χ4v) is 3.54. The fraction of sp³-hybridized carbons (Fsp3) is 0.667. The molecule has 1 aliphatic rings. The number of likely N-dealkylation sites (N-methyl/N-ethyl adjacent to an activating group) is 1. The molecule has 2 atom stereocenters. The highest BCUT2D eigenvalue weighted by molar-refractivity contribution is 5.19. The molecule has 1 saturated carbocycles. The predicted molar refractivity (Wildman–Crippen MR) is 87.0 cm³/mol. The van der Waals surface area contributed by atoms with Gasteiger partial charge in [-0.2, -0.15) is 0 Å². The Labute approximate surface area is 124 Å². The number of rotatable bonds is 6. The van der Waals surface area contributed by atoms with E-state index in [1.165, 1.54) is 37.7 Å². The van der Waals surface area contributed by atoms with E-state index in [0.29, 0.717) is 12.0 Å². The maximum Gasteiger partial charge on any atom is 0.0224 e. The molecule has 0 aromatic heterocycles. The van der Waals surface area contributed by atoms with Crippen molar-refractivity contribution in [2.45, 2.75) is 63.5 Å². The molecule has 2 nitrogen and oxygen atoms in total. The molecule has 1 aromatic carbocycles. The lowest BCUT2D eigenvalue weighted by Gasteiger charge is -2.38. The van der Waals surface area contributed by atoms with Crippen LogP contribution in [0.15, 0.2) is 30.3 Å². The van der Waals surface area contributed by atoms with E-state index in [9.17, 15) is 0 Å². The first-order chi connectivity index (χ1) is 9.72. The first-order valence-corrected chi connectivity index (χ1v) is 8.19. The Morgan fingerprint density at radius 1 is 1.15 bits per heavy atom. The van der Waals surface area contributed by atoms with Crippen LogP contribution < -0.4 is 5.73 Å². The van der Waals surface area contributed by atoms with Crippen LogP contribution in [0, 0.1) is 0 Å². The van der Waals surface area contributed by atoms with Gasteiger partial charge in [-0.3, -0.25) is 4.90 Å². The molecule has 0 spiro atoms. The predicted octanol–water partition coefficient (Wildman–Crippen LogP) is 3.77. The SMILES string of the molecule is CC(CC(CN)N(C)C1CCCCC1)c1ccccc1. The van der Waals surface area contributed by atoms with Crippen molar-refractivity contribution in [3.63, 3.8) is 0 Å². The summed E-state index contributed by atoms with van der Waals surface area (Å²) in [6, 6.07) is 12.1. The van der Waals surface area contributed by atoms with E-state index in [0.717, 1.165) is 19.0 Å². The highest BCUT2D eigenvalue weighted by atomic mass is 15.2. The minimum Gasteiger partial charge on any atom is -0.329 e. The third-order valence-electron chi connectivity index (χ3n) is 4.99. The monoisotopic (exact) mass is 274 g/mol. The summed E-state index contributed by atoms with van der Waals surface area (Å²) in [7, 11) is 2.28. The van der Waals surface area contributed by atoms with Crippen LogP contribution in [-0.2, 0) is 0 Å². The normalized spacial score (nSPS) is 20.0. The molecule has 1 fully saturated rings. The third kappa shape index (κ3) is 4.07. The second-order valence-electron chi connectivity index (χ2n) is 6.39. The van der Waals surface area contributed by atoms with E-state index in [4.69, 9.17) is 5.73 Å². The Morgan fingerprint density at radius 3 is 2.40 bits per heavy atom. The number of nitrogens with two attached hydrogens (primary N) is 1. The average molecular weight is 274 g/mol. The molecule has 0 bridgehead atoms. The topological polar surface area (TPSA) is 29.3 Å². The highest BCUT2D eigenvalue weighted by Crippen LogP contribution is 2.27. The van der Waals surface area contributed by atoms with E-state index in [1.807, 2.05) is 0 Å². The molecule has 0 amide bonds. The smallest absolute Gasteiger partial charge is 0.0224 e. The Morgan fingerprint density at radius 2 is 1.80 bits per heavy atom. The molecule has 2 N–H and O–H groups in total. The van der Waals surface area contributed by atoms with Crippen LogP contribution in [0.2, 0.25) is 0 Å². The highest BCUT2D eigenvalue weighted by Gasteiger charge is 2.25. The number of benzene rings is 1. The second kappa shape index (κ2) is 7.80. The first kappa shape index (κ1) is 15.5. The lowest BCUT2D eigenvalue weighted by atomic mass is 9.90. The summed E-state index contributed by atoms with van der Waals surface area (Å²) in [6.07, 6.45) is 8.06. The molecular formula is C18H30N2. The van der Waals surface area contributed by atoms with Gasteiger partial charge < -0.3 is 5.73 Å². The zero-order chi connectivity index (χ0) is 14.4. The molecule has 2 heteroatoms. The molecule has 20 heavy (non-hydrogen) atoms. The maximum atomic E-state index is 6.07. The van der Waals surface area contributed by atoms with Crippen molar-refractivity contribution in [2.24, 2.45) is 5.73 Å². The number of hydrogen-bond acceptors (Lipinski definition) is 2. The third-order valence-corrected chi connectivity index (χ3v) is 4.99. The van der Waals surface area contributed by atoms with Gasteiger partial charge in [-0.15, -0.1) is 0 Å². The van der Waals surface area contributed by atoms with Crippen LogP contribution >= 0.6 is 0 Å². The van der Waals surface area contributed by atoms with Gasteiger partial charge in [-0.05, 0) is 37.8 Å². The van der Waals surface area contributed by atoms with Gasteiger partial charge >= 0.3 is 0 Å². The minimum atomic E-state index is 0.508. The molecule has 2 rings (SSSR count). The molecule has 0 radical (unpaired) electrons. The molecule has 112 valence electrons. The molecule has 1 aromatic rings. The zero-order valence-electron chi connectivity index (χ0n) is 13.1.